The summed E-state index contributed by atoms with van der Waals surface area (Å²) in [5.41, 5.74) is 5.45. The standard InChI is InChI=1S/C22H18ClN5O/c1-12-5-4-6-16-13(2)9-19(25-21(12)16)28-20(10-14(3)27-28)26-22-24-17-11-15(23)7-8-18(17)29-22/h4-11H,1-3H3,(H,24,26). The molecule has 0 radical (unpaired) electrons. The van der Waals surface area contributed by atoms with Gasteiger partial charge in [-0.3, -0.25) is 5.32 Å². The Bertz CT molecular complexity index is 1390. The number of hydrogen-bond donors (Lipinski definition) is 1. The zero-order valence-corrected chi connectivity index (χ0v) is 16.9. The lowest BCUT2D eigenvalue weighted by atomic mass is 10.1. The smallest absolute Gasteiger partial charge is 0.301 e. The number of nitrogens with one attached hydrogen (secondary N) is 1. The molecule has 0 saturated heterocycles. The van der Waals surface area contributed by atoms with Gasteiger partial charge in [-0.15, -0.1) is 0 Å². The summed E-state index contributed by atoms with van der Waals surface area (Å²) in [6.07, 6.45) is 0. The molecule has 0 amide bonds. The summed E-state index contributed by atoms with van der Waals surface area (Å²) in [5, 5.41) is 9.60. The van der Waals surface area contributed by atoms with Gasteiger partial charge >= 0.3 is 6.01 Å². The maximum absolute atomic E-state index is 6.05. The second kappa shape index (κ2) is 6.60. The minimum absolute atomic E-state index is 0.372. The van der Waals surface area contributed by atoms with Crippen LogP contribution in [-0.2, 0) is 0 Å². The van der Waals surface area contributed by atoms with Crippen LogP contribution < -0.4 is 5.32 Å². The highest BCUT2D eigenvalue weighted by Crippen LogP contribution is 2.28. The fraction of sp³-hybridized carbons (Fsp3) is 0.136. The van der Waals surface area contributed by atoms with Gasteiger partial charge in [-0.1, -0.05) is 29.8 Å². The molecule has 1 N–H and O–H groups in total. The van der Waals surface area contributed by atoms with E-state index in [0.717, 1.165) is 39.4 Å². The van der Waals surface area contributed by atoms with E-state index < -0.39 is 0 Å². The van der Waals surface area contributed by atoms with Crippen molar-refractivity contribution in [1.29, 1.82) is 0 Å². The summed E-state index contributed by atoms with van der Waals surface area (Å²) in [7, 11) is 0. The molecule has 0 unspecified atom stereocenters. The first-order chi connectivity index (χ1) is 14.0. The summed E-state index contributed by atoms with van der Waals surface area (Å²) in [6, 6.07) is 15.9. The number of benzene rings is 2. The minimum atomic E-state index is 0.372. The maximum atomic E-state index is 6.05. The van der Waals surface area contributed by atoms with Crippen LogP contribution >= 0.6 is 11.6 Å². The Labute approximate surface area is 172 Å². The third kappa shape index (κ3) is 3.11. The molecule has 0 spiro atoms. The van der Waals surface area contributed by atoms with Gasteiger partial charge in [0, 0.05) is 16.5 Å². The van der Waals surface area contributed by atoms with Gasteiger partial charge in [-0.25, -0.2) is 4.98 Å². The van der Waals surface area contributed by atoms with Crippen molar-refractivity contribution in [3.05, 3.63) is 70.4 Å². The zero-order valence-electron chi connectivity index (χ0n) is 16.2. The molecule has 5 rings (SSSR count). The zero-order chi connectivity index (χ0) is 20.1. The van der Waals surface area contributed by atoms with Crippen molar-refractivity contribution in [2.24, 2.45) is 0 Å². The molecule has 3 heterocycles. The highest BCUT2D eigenvalue weighted by molar-refractivity contribution is 6.31. The number of halogens is 1. The number of anilines is 2. The number of hydrogen-bond acceptors (Lipinski definition) is 5. The fourth-order valence-corrected chi connectivity index (χ4v) is 3.65. The third-order valence-electron chi connectivity index (χ3n) is 4.87. The summed E-state index contributed by atoms with van der Waals surface area (Å²) in [4.78, 5) is 9.34. The average molecular weight is 404 g/mol. The highest BCUT2D eigenvalue weighted by Gasteiger charge is 2.14. The summed E-state index contributed by atoms with van der Waals surface area (Å²) >= 11 is 6.05. The van der Waals surface area contributed by atoms with Crippen molar-refractivity contribution in [2.75, 3.05) is 5.32 Å². The van der Waals surface area contributed by atoms with Gasteiger partial charge in [0.1, 0.15) is 11.3 Å². The SMILES string of the molecule is Cc1cc(Nc2nc3cc(Cl)ccc3o2)n(-c2cc(C)c3cccc(C)c3n2)n1. The monoisotopic (exact) mass is 403 g/mol. The van der Waals surface area contributed by atoms with Crippen LogP contribution in [-0.4, -0.2) is 19.7 Å². The first-order valence-corrected chi connectivity index (χ1v) is 9.63. The molecule has 2 aromatic carbocycles. The largest absolute Gasteiger partial charge is 0.423 e. The van der Waals surface area contributed by atoms with Crippen LogP contribution in [0.15, 0.2) is 52.9 Å². The van der Waals surface area contributed by atoms with Gasteiger partial charge in [0.05, 0.1) is 11.2 Å². The molecule has 0 atom stereocenters. The van der Waals surface area contributed by atoms with E-state index in [1.54, 1.807) is 22.9 Å². The molecule has 6 nitrogen and oxygen atoms in total. The van der Waals surface area contributed by atoms with E-state index in [2.05, 4.69) is 47.4 Å². The van der Waals surface area contributed by atoms with Crippen LogP contribution in [0.2, 0.25) is 5.02 Å². The van der Waals surface area contributed by atoms with E-state index in [1.165, 1.54) is 0 Å². The molecule has 3 aromatic heterocycles. The first-order valence-electron chi connectivity index (χ1n) is 9.25. The van der Waals surface area contributed by atoms with Gasteiger partial charge in [0.15, 0.2) is 11.4 Å². The average Bonchev–Trinajstić information content (AvgIpc) is 3.24. The molecule has 29 heavy (non-hydrogen) atoms. The normalized spacial score (nSPS) is 11.4. The van der Waals surface area contributed by atoms with Crippen LogP contribution in [0.3, 0.4) is 0 Å². The highest BCUT2D eigenvalue weighted by atomic mass is 35.5. The Balaban J connectivity index is 1.60. The number of aryl methyl sites for hydroxylation is 3. The van der Waals surface area contributed by atoms with E-state index in [4.69, 9.17) is 21.0 Å². The Morgan fingerprint density at radius 3 is 2.69 bits per heavy atom. The molecular formula is C22H18ClN5O. The molecule has 7 heteroatoms. The van der Waals surface area contributed by atoms with E-state index in [9.17, 15) is 0 Å². The molecule has 0 aliphatic carbocycles. The maximum Gasteiger partial charge on any atom is 0.301 e. The molecule has 0 aliphatic heterocycles. The topological polar surface area (TPSA) is 68.8 Å². The first kappa shape index (κ1) is 17.7. The van der Waals surface area contributed by atoms with Gasteiger partial charge in [0.25, 0.3) is 0 Å². The number of nitrogens with zero attached hydrogens (tertiary/aromatic N) is 4. The van der Waals surface area contributed by atoms with Crippen molar-refractivity contribution >= 4 is 45.4 Å². The minimum Gasteiger partial charge on any atom is -0.423 e. The van der Waals surface area contributed by atoms with E-state index >= 15 is 0 Å². The third-order valence-corrected chi connectivity index (χ3v) is 5.10. The second-order valence-electron chi connectivity index (χ2n) is 7.11. The van der Waals surface area contributed by atoms with Crippen LogP contribution in [0.5, 0.6) is 0 Å². The Hall–Kier alpha value is -3.38. The number of rotatable bonds is 3. The predicted molar refractivity (Wildman–Crippen MR) is 115 cm³/mol. The number of aromatic nitrogens is 4. The summed E-state index contributed by atoms with van der Waals surface area (Å²) < 4.78 is 7.57. The molecule has 144 valence electrons. The summed E-state index contributed by atoms with van der Waals surface area (Å²) in [6.45, 7) is 6.09. The van der Waals surface area contributed by atoms with Crippen LogP contribution in [0.1, 0.15) is 16.8 Å². The lowest BCUT2D eigenvalue weighted by molar-refractivity contribution is 0.621. The van der Waals surface area contributed by atoms with E-state index in [0.29, 0.717) is 22.1 Å². The Kier molecular flexibility index (Phi) is 4.03. The molecule has 0 aliphatic rings. The van der Waals surface area contributed by atoms with Crippen molar-refractivity contribution in [1.82, 2.24) is 19.7 Å². The van der Waals surface area contributed by atoms with Crippen molar-refractivity contribution in [3.8, 4) is 5.82 Å². The lowest BCUT2D eigenvalue weighted by Gasteiger charge is -2.11. The summed E-state index contributed by atoms with van der Waals surface area (Å²) in [5.74, 6) is 1.46. The predicted octanol–water partition coefficient (Wildman–Crippen LogP) is 5.88. The number of fused-ring (bicyclic) bond motifs is 2. The van der Waals surface area contributed by atoms with Crippen LogP contribution in [0, 0.1) is 20.8 Å². The number of pyridine rings is 1. The molecular weight excluding hydrogens is 386 g/mol. The van der Waals surface area contributed by atoms with Gasteiger partial charge in [-0.05, 0) is 56.2 Å². The van der Waals surface area contributed by atoms with Crippen molar-refractivity contribution < 1.29 is 4.42 Å². The van der Waals surface area contributed by atoms with Crippen molar-refractivity contribution in [2.45, 2.75) is 20.8 Å². The Morgan fingerprint density at radius 2 is 1.83 bits per heavy atom. The Morgan fingerprint density at radius 1 is 0.966 bits per heavy atom. The quantitative estimate of drug-likeness (QED) is 0.407. The van der Waals surface area contributed by atoms with E-state index in [-0.39, 0.29) is 0 Å². The molecule has 0 saturated carbocycles. The van der Waals surface area contributed by atoms with Gasteiger partial charge in [0.2, 0.25) is 0 Å². The van der Waals surface area contributed by atoms with E-state index in [1.807, 2.05) is 19.1 Å². The lowest BCUT2D eigenvalue weighted by Crippen LogP contribution is -2.06. The number of oxazole rings is 1. The van der Waals surface area contributed by atoms with Crippen LogP contribution in [0.25, 0.3) is 27.8 Å². The molecule has 0 bridgehead atoms. The molecule has 0 fully saturated rings. The van der Waals surface area contributed by atoms with Crippen molar-refractivity contribution in [3.63, 3.8) is 0 Å². The number of para-hydroxylation sites is 1. The van der Waals surface area contributed by atoms with Gasteiger partial charge in [-0.2, -0.15) is 14.8 Å². The van der Waals surface area contributed by atoms with Gasteiger partial charge < -0.3 is 4.42 Å². The fourth-order valence-electron chi connectivity index (χ4n) is 3.48. The van der Waals surface area contributed by atoms with Crippen LogP contribution in [0.4, 0.5) is 11.8 Å². The second-order valence-corrected chi connectivity index (χ2v) is 7.54. The molecule has 5 aromatic rings.